The number of likely N-dealkylation sites (N-methyl/N-ethyl adjacent to an activating group) is 1. The van der Waals surface area contributed by atoms with Gasteiger partial charge >= 0.3 is 0 Å². The minimum absolute atomic E-state index is 0.102. The summed E-state index contributed by atoms with van der Waals surface area (Å²) < 4.78 is 13.4. The van der Waals surface area contributed by atoms with Gasteiger partial charge in [0.1, 0.15) is 5.82 Å². The standard InChI is InChI=1S/C12H15ClFNO2/c1-8(16)7-15(2)12(17)6-9-10(13)4-3-5-11(9)14/h3-5,8,16H,6-7H2,1-2H3. The summed E-state index contributed by atoms with van der Waals surface area (Å²) in [6.45, 7) is 1.80. The molecule has 0 bridgehead atoms. The molecule has 0 aliphatic carbocycles. The molecule has 94 valence electrons. The van der Waals surface area contributed by atoms with E-state index >= 15 is 0 Å². The lowest BCUT2D eigenvalue weighted by Crippen LogP contribution is -2.34. The summed E-state index contributed by atoms with van der Waals surface area (Å²) in [6, 6.07) is 4.30. The maximum Gasteiger partial charge on any atom is 0.226 e. The van der Waals surface area contributed by atoms with Gasteiger partial charge in [0, 0.05) is 24.2 Å². The van der Waals surface area contributed by atoms with E-state index in [0.717, 1.165) is 0 Å². The van der Waals surface area contributed by atoms with Gasteiger partial charge in [-0.2, -0.15) is 0 Å². The van der Waals surface area contributed by atoms with Crippen molar-refractivity contribution in [1.29, 1.82) is 0 Å². The van der Waals surface area contributed by atoms with E-state index in [-0.39, 0.29) is 29.5 Å². The molecule has 1 aromatic rings. The van der Waals surface area contributed by atoms with Crippen LogP contribution in [0.2, 0.25) is 5.02 Å². The van der Waals surface area contributed by atoms with Gasteiger partial charge in [-0.1, -0.05) is 17.7 Å². The van der Waals surface area contributed by atoms with E-state index in [1.54, 1.807) is 20.0 Å². The van der Waals surface area contributed by atoms with Crippen molar-refractivity contribution < 1.29 is 14.3 Å². The summed E-state index contributed by atoms with van der Waals surface area (Å²) in [5, 5.41) is 9.39. The first kappa shape index (κ1) is 13.9. The van der Waals surface area contributed by atoms with Crippen molar-refractivity contribution in [3.05, 3.63) is 34.6 Å². The summed E-state index contributed by atoms with van der Waals surface area (Å²) >= 11 is 5.82. The zero-order chi connectivity index (χ0) is 13.0. The van der Waals surface area contributed by atoms with Crippen LogP contribution in [0.15, 0.2) is 18.2 Å². The molecule has 1 N–H and O–H groups in total. The highest BCUT2D eigenvalue weighted by molar-refractivity contribution is 6.31. The van der Waals surface area contributed by atoms with Crippen LogP contribution in [-0.2, 0) is 11.2 Å². The number of nitrogens with zero attached hydrogens (tertiary/aromatic N) is 1. The van der Waals surface area contributed by atoms with E-state index in [2.05, 4.69) is 0 Å². The molecule has 1 amide bonds. The quantitative estimate of drug-likeness (QED) is 0.897. The number of aliphatic hydroxyl groups is 1. The first-order chi connectivity index (χ1) is 7.91. The van der Waals surface area contributed by atoms with E-state index < -0.39 is 11.9 Å². The molecule has 0 heterocycles. The van der Waals surface area contributed by atoms with Gasteiger partial charge in [-0.25, -0.2) is 4.39 Å². The Morgan fingerprint density at radius 3 is 2.76 bits per heavy atom. The van der Waals surface area contributed by atoms with Crippen LogP contribution in [0.1, 0.15) is 12.5 Å². The Hall–Kier alpha value is -1.13. The van der Waals surface area contributed by atoms with Crippen molar-refractivity contribution in [2.24, 2.45) is 0 Å². The zero-order valence-electron chi connectivity index (χ0n) is 9.78. The molecule has 17 heavy (non-hydrogen) atoms. The van der Waals surface area contributed by atoms with Crippen molar-refractivity contribution in [2.75, 3.05) is 13.6 Å². The maximum absolute atomic E-state index is 13.4. The van der Waals surface area contributed by atoms with Crippen LogP contribution < -0.4 is 0 Å². The number of benzene rings is 1. The van der Waals surface area contributed by atoms with Gasteiger partial charge in [0.05, 0.1) is 12.5 Å². The summed E-state index contributed by atoms with van der Waals surface area (Å²) in [6.07, 6.45) is -0.714. The molecule has 1 atom stereocenters. The number of amides is 1. The van der Waals surface area contributed by atoms with Crippen LogP contribution in [0, 0.1) is 5.82 Å². The number of carbonyl (C=O) groups is 1. The lowest BCUT2D eigenvalue weighted by Gasteiger charge is -2.19. The summed E-state index contributed by atoms with van der Waals surface area (Å²) in [5.41, 5.74) is 0.191. The number of hydrogen-bond acceptors (Lipinski definition) is 2. The predicted octanol–water partition coefficient (Wildman–Crippen LogP) is 1.86. The molecule has 0 spiro atoms. The number of rotatable bonds is 4. The predicted molar refractivity (Wildman–Crippen MR) is 64.4 cm³/mol. The van der Waals surface area contributed by atoms with Crippen LogP contribution in [-0.4, -0.2) is 35.6 Å². The third-order valence-corrected chi connectivity index (χ3v) is 2.71. The smallest absolute Gasteiger partial charge is 0.226 e. The molecule has 3 nitrogen and oxygen atoms in total. The second-order valence-electron chi connectivity index (χ2n) is 4.00. The fraction of sp³-hybridized carbons (Fsp3) is 0.417. The molecule has 1 rings (SSSR count). The molecule has 1 aromatic carbocycles. The Bertz CT molecular complexity index is 389. The Labute approximate surface area is 105 Å². The summed E-state index contributed by atoms with van der Waals surface area (Å²) in [5.74, 6) is -0.769. The minimum Gasteiger partial charge on any atom is -0.392 e. The molecule has 1 unspecified atom stereocenters. The minimum atomic E-state index is -0.611. The Balaban J connectivity index is 2.74. The topological polar surface area (TPSA) is 40.5 Å². The van der Waals surface area contributed by atoms with Gasteiger partial charge in [0.2, 0.25) is 5.91 Å². The van der Waals surface area contributed by atoms with Crippen LogP contribution in [0.3, 0.4) is 0 Å². The van der Waals surface area contributed by atoms with Gasteiger partial charge < -0.3 is 10.0 Å². The second kappa shape index (κ2) is 5.98. The second-order valence-corrected chi connectivity index (χ2v) is 4.41. The Morgan fingerprint density at radius 2 is 2.24 bits per heavy atom. The highest BCUT2D eigenvalue weighted by Gasteiger charge is 2.16. The molecule has 0 saturated carbocycles. The fourth-order valence-corrected chi connectivity index (χ4v) is 1.72. The van der Waals surface area contributed by atoms with Gasteiger partial charge in [-0.15, -0.1) is 0 Å². The lowest BCUT2D eigenvalue weighted by molar-refractivity contribution is -0.130. The van der Waals surface area contributed by atoms with Crippen LogP contribution in [0.25, 0.3) is 0 Å². The number of carbonyl (C=O) groups excluding carboxylic acids is 1. The van der Waals surface area contributed by atoms with Crippen LogP contribution in [0.4, 0.5) is 4.39 Å². The Kier molecular flexibility index (Phi) is 4.90. The highest BCUT2D eigenvalue weighted by atomic mass is 35.5. The van der Waals surface area contributed by atoms with Crippen molar-refractivity contribution in [3.63, 3.8) is 0 Å². The SMILES string of the molecule is CC(O)CN(C)C(=O)Cc1c(F)cccc1Cl. The molecular formula is C12H15ClFNO2. The van der Waals surface area contributed by atoms with E-state index in [1.165, 1.54) is 17.0 Å². The number of aliphatic hydroxyl groups excluding tert-OH is 1. The lowest BCUT2D eigenvalue weighted by atomic mass is 10.1. The molecule has 0 aliphatic heterocycles. The van der Waals surface area contributed by atoms with E-state index in [9.17, 15) is 9.18 Å². The summed E-state index contributed by atoms with van der Waals surface area (Å²) in [4.78, 5) is 13.1. The van der Waals surface area contributed by atoms with Crippen molar-refractivity contribution in [2.45, 2.75) is 19.4 Å². The first-order valence-corrected chi connectivity index (χ1v) is 5.64. The number of halogens is 2. The Morgan fingerprint density at radius 1 is 1.59 bits per heavy atom. The molecule has 0 aliphatic rings. The first-order valence-electron chi connectivity index (χ1n) is 5.26. The molecule has 0 radical (unpaired) electrons. The van der Waals surface area contributed by atoms with Crippen molar-refractivity contribution in [1.82, 2.24) is 4.90 Å². The zero-order valence-corrected chi connectivity index (χ0v) is 10.5. The van der Waals surface area contributed by atoms with Gasteiger partial charge in [0.15, 0.2) is 0 Å². The summed E-state index contributed by atoms with van der Waals surface area (Å²) in [7, 11) is 1.56. The largest absolute Gasteiger partial charge is 0.392 e. The number of hydrogen-bond donors (Lipinski definition) is 1. The highest BCUT2D eigenvalue weighted by Crippen LogP contribution is 2.19. The van der Waals surface area contributed by atoms with Crippen LogP contribution in [0.5, 0.6) is 0 Å². The third-order valence-electron chi connectivity index (χ3n) is 2.35. The third kappa shape index (κ3) is 3.98. The van der Waals surface area contributed by atoms with Crippen molar-refractivity contribution >= 4 is 17.5 Å². The van der Waals surface area contributed by atoms with Gasteiger partial charge in [0.25, 0.3) is 0 Å². The fourth-order valence-electron chi connectivity index (χ4n) is 1.49. The molecule has 0 aromatic heterocycles. The van der Waals surface area contributed by atoms with E-state index in [4.69, 9.17) is 16.7 Å². The van der Waals surface area contributed by atoms with E-state index in [0.29, 0.717) is 0 Å². The molecular weight excluding hydrogens is 245 g/mol. The van der Waals surface area contributed by atoms with Crippen molar-refractivity contribution in [3.8, 4) is 0 Å². The van der Waals surface area contributed by atoms with E-state index in [1.807, 2.05) is 0 Å². The normalized spacial score (nSPS) is 12.3. The average molecular weight is 260 g/mol. The average Bonchev–Trinajstić information content (AvgIpc) is 2.22. The van der Waals surface area contributed by atoms with Gasteiger partial charge in [-0.05, 0) is 19.1 Å². The van der Waals surface area contributed by atoms with Crippen LogP contribution >= 0.6 is 11.6 Å². The molecule has 0 fully saturated rings. The monoisotopic (exact) mass is 259 g/mol. The maximum atomic E-state index is 13.4. The molecule has 0 saturated heterocycles. The van der Waals surface area contributed by atoms with Gasteiger partial charge in [-0.3, -0.25) is 4.79 Å². The molecule has 5 heteroatoms.